The Morgan fingerprint density at radius 2 is 1.76 bits per heavy atom. The molecule has 1 aromatic rings. The zero-order valence-electron chi connectivity index (χ0n) is 10.5. The molecule has 0 aliphatic heterocycles. The Labute approximate surface area is 100 Å². The maximum absolute atomic E-state index is 14.1. The van der Waals surface area contributed by atoms with Crippen molar-refractivity contribution in [2.24, 2.45) is 5.73 Å². The van der Waals surface area contributed by atoms with Gasteiger partial charge in [0, 0.05) is 5.56 Å². The average molecular weight is 243 g/mol. The third-order valence-corrected chi connectivity index (χ3v) is 2.68. The SMILES string of the molecule is COc1cc(C(C)CN)c(OC)c(F)c1OC. The lowest BCUT2D eigenvalue weighted by Crippen LogP contribution is -2.11. The highest BCUT2D eigenvalue weighted by molar-refractivity contribution is 5.53. The van der Waals surface area contributed by atoms with Gasteiger partial charge in [0.05, 0.1) is 21.3 Å². The average Bonchev–Trinajstić information content (AvgIpc) is 2.36. The second kappa shape index (κ2) is 5.72. The summed E-state index contributed by atoms with van der Waals surface area (Å²) in [7, 11) is 4.25. The van der Waals surface area contributed by atoms with Crippen molar-refractivity contribution in [3.8, 4) is 17.2 Å². The summed E-state index contributed by atoms with van der Waals surface area (Å²) in [5, 5.41) is 0. The van der Waals surface area contributed by atoms with Crippen LogP contribution in [0.15, 0.2) is 6.07 Å². The summed E-state index contributed by atoms with van der Waals surface area (Å²) < 4.78 is 29.2. The molecule has 0 saturated carbocycles. The van der Waals surface area contributed by atoms with Gasteiger partial charge in [-0.1, -0.05) is 6.92 Å². The fourth-order valence-electron chi connectivity index (χ4n) is 1.65. The van der Waals surface area contributed by atoms with Gasteiger partial charge in [0.2, 0.25) is 11.6 Å². The van der Waals surface area contributed by atoms with Gasteiger partial charge in [-0.3, -0.25) is 0 Å². The highest BCUT2D eigenvalue weighted by Crippen LogP contribution is 2.41. The first-order valence-corrected chi connectivity index (χ1v) is 5.29. The van der Waals surface area contributed by atoms with Crippen LogP contribution in [0.2, 0.25) is 0 Å². The molecule has 0 amide bonds. The van der Waals surface area contributed by atoms with Crippen molar-refractivity contribution in [1.29, 1.82) is 0 Å². The number of methoxy groups -OCH3 is 3. The van der Waals surface area contributed by atoms with Gasteiger partial charge in [-0.25, -0.2) is 0 Å². The van der Waals surface area contributed by atoms with E-state index in [9.17, 15) is 4.39 Å². The molecule has 0 fully saturated rings. The molecular formula is C12H18FNO3. The molecule has 1 aromatic carbocycles. The van der Waals surface area contributed by atoms with E-state index in [0.717, 1.165) is 0 Å². The first-order valence-electron chi connectivity index (χ1n) is 5.29. The molecule has 0 aromatic heterocycles. The van der Waals surface area contributed by atoms with E-state index in [1.54, 1.807) is 6.07 Å². The van der Waals surface area contributed by atoms with E-state index in [1.165, 1.54) is 21.3 Å². The van der Waals surface area contributed by atoms with E-state index in [0.29, 0.717) is 17.9 Å². The topological polar surface area (TPSA) is 53.7 Å². The van der Waals surface area contributed by atoms with Gasteiger partial charge in [0.15, 0.2) is 11.5 Å². The van der Waals surface area contributed by atoms with Gasteiger partial charge in [0.25, 0.3) is 0 Å². The van der Waals surface area contributed by atoms with Gasteiger partial charge in [-0.2, -0.15) is 4.39 Å². The van der Waals surface area contributed by atoms with Gasteiger partial charge in [-0.15, -0.1) is 0 Å². The number of hydrogen-bond donors (Lipinski definition) is 1. The molecule has 5 heteroatoms. The molecule has 1 unspecified atom stereocenters. The van der Waals surface area contributed by atoms with Gasteiger partial charge < -0.3 is 19.9 Å². The van der Waals surface area contributed by atoms with E-state index in [2.05, 4.69) is 0 Å². The molecule has 96 valence electrons. The Morgan fingerprint density at radius 1 is 1.18 bits per heavy atom. The predicted octanol–water partition coefficient (Wildman–Crippen LogP) is 1.91. The maximum Gasteiger partial charge on any atom is 0.210 e. The molecule has 0 saturated heterocycles. The van der Waals surface area contributed by atoms with Crippen molar-refractivity contribution >= 4 is 0 Å². The Balaban J connectivity index is 3.45. The molecule has 0 aliphatic carbocycles. The molecule has 1 rings (SSSR count). The van der Waals surface area contributed by atoms with Crippen LogP contribution in [0.5, 0.6) is 17.2 Å². The normalized spacial score (nSPS) is 12.1. The smallest absolute Gasteiger partial charge is 0.210 e. The summed E-state index contributed by atoms with van der Waals surface area (Å²) in [5.74, 6) is -0.0667. The van der Waals surface area contributed by atoms with Crippen LogP contribution < -0.4 is 19.9 Å². The van der Waals surface area contributed by atoms with E-state index in [-0.39, 0.29) is 17.4 Å². The monoisotopic (exact) mass is 243 g/mol. The molecule has 1 atom stereocenters. The molecule has 2 N–H and O–H groups in total. The van der Waals surface area contributed by atoms with E-state index in [4.69, 9.17) is 19.9 Å². The largest absolute Gasteiger partial charge is 0.493 e. The van der Waals surface area contributed by atoms with E-state index in [1.807, 2.05) is 6.92 Å². The van der Waals surface area contributed by atoms with Gasteiger partial charge in [-0.05, 0) is 18.5 Å². The van der Waals surface area contributed by atoms with Crippen LogP contribution in [-0.4, -0.2) is 27.9 Å². The number of ether oxygens (including phenoxy) is 3. The number of halogens is 1. The second-order valence-corrected chi connectivity index (χ2v) is 3.69. The van der Waals surface area contributed by atoms with Crippen molar-refractivity contribution in [2.75, 3.05) is 27.9 Å². The molecule has 0 radical (unpaired) electrons. The van der Waals surface area contributed by atoms with Gasteiger partial charge >= 0.3 is 0 Å². The predicted molar refractivity (Wildman–Crippen MR) is 63.5 cm³/mol. The Morgan fingerprint density at radius 3 is 2.18 bits per heavy atom. The van der Waals surface area contributed by atoms with Crippen molar-refractivity contribution in [3.63, 3.8) is 0 Å². The van der Waals surface area contributed by atoms with E-state index >= 15 is 0 Å². The fraction of sp³-hybridized carbons (Fsp3) is 0.500. The van der Waals surface area contributed by atoms with Crippen molar-refractivity contribution < 1.29 is 18.6 Å². The lowest BCUT2D eigenvalue weighted by atomic mass is 9.99. The molecule has 0 bridgehead atoms. The molecule has 4 nitrogen and oxygen atoms in total. The van der Waals surface area contributed by atoms with Crippen molar-refractivity contribution in [2.45, 2.75) is 12.8 Å². The number of rotatable bonds is 5. The molecule has 0 spiro atoms. The van der Waals surface area contributed by atoms with Crippen LogP contribution in [0, 0.1) is 5.82 Å². The summed E-state index contributed by atoms with van der Waals surface area (Å²) in [6.07, 6.45) is 0. The Bertz CT molecular complexity index is 396. The molecule has 0 heterocycles. The third-order valence-electron chi connectivity index (χ3n) is 2.68. The first kappa shape index (κ1) is 13.6. The molecule has 0 aliphatic rings. The van der Waals surface area contributed by atoms with Crippen LogP contribution in [0.4, 0.5) is 4.39 Å². The van der Waals surface area contributed by atoms with Crippen LogP contribution in [0.3, 0.4) is 0 Å². The van der Waals surface area contributed by atoms with Crippen LogP contribution in [0.25, 0.3) is 0 Å². The summed E-state index contributed by atoms with van der Waals surface area (Å²) in [4.78, 5) is 0. The third kappa shape index (κ3) is 2.44. The quantitative estimate of drug-likeness (QED) is 0.858. The minimum absolute atomic E-state index is 0.0285. The summed E-state index contributed by atoms with van der Waals surface area (Å²) in [6.45, 7) is 2.29. The van der Waals surface area contributed by atoms with E-state index < -0.39 is 5.82 Å². The van der Waals surface area contributed by atoms with Crippen LogP contribution in [-0.2, 0) is 0 Å². The van der Waals surface area contributed by atoms with Crippen molar-refractivity contribution in [3.05, 3.63) is 17.4 Å². The summed E-state index contributed by atoms with van der Waals surface area (Å²) >= 11 is 0. The molecule has 17 heavy (non-hydrogen) atoms. The zero-order valence-corrected chi connectivity index (χ0v) is 10.5. The van der Waals surface area contributed by atoms with Crippen LogP contribution in [0.1, 0.15) is 18.4 Å². The first-order chi connectivity index (χ1) is 8.10. The summed E-state index contributed by atoms with van der Waals surface area (Å²) in [5.41, 5.74) is 6.26. The highest BCUT2D eigenvalue weighted by Gasteiger charge is 2.22. The lowest BCUT2D eigenvalue weighted by molar-refractivity contribution is 0.317. The second-order valence-electron chi connectivity index (χ2n) is 3.69. The Hall–Kier alpha value is -1.49. The molecular weight excluding hydrogens is 225 g/mol. The number of hydrogen-bond acceptors (Lipinski definition) is 4. The summed E-state index contributed by atoms with van der Waals surface area (Å²) in [6, 6.07) is 1.69. The maximum atomic E-state index is 14.1. The van der Waals surface area contributed by atoms with Crippen molar-refractivity contribution in [1.82, 2.24) is 0 Å². The minimum Gasteiger partial charge on any atom is -0.493 e. The standard InChI is InChI=1S/C12H18FNO3/c1-7(6-14)8-5-9(15-2)12(17-4)10(13)11(8)16-3/h5,7H,6,14H2,1-4H3. The number of benzene rings is 1. The van der Waals surface area contributed by atoms with Gasteiger partial charge in [0.1, 0.15) is 0 Å². The minimum atomic E-state index is -0.565. The zero-order chi connectivity index (χ0) is 13.0. The number of nitrogens with two attached hydrogens (primary N) is 1. The highest BCUT2D eigenvalue weighted by atomic mass is 19.1. The fourth-order valence-corrected chi connectivity index (χ4v) is 1.65. The lowest BCUT2D eigenvalue weighted by Gasteiger charge is -2.18. The Kier molecular flexibility index (Phi) is 4.57. The van der Waals surface area contributed by atoms with Crippen LogP contribution >= 0.6 is 0 Å².